The van der Waals surface area contributed by atoms with Gasteiger partial charge in [-0.3, -0.25) is 4.79 Å². The Hall–Kier alpha value is -2.34. The lowest BCUT2D eigenvalue weighted by atomic mass is 9.96. The summed E-state index contributed by atoms with van der Waals surface area (Å²) in [5.74, 6) is 1.43. The van der Waals surface area contributed by atoms with Crippen LogP contribution in [0.15, 0.2) is 34.8 Å². The van der Waals surface area contributed by atoms with Gasteiger partial charge in [0, 0.05) is 25.3 Å². The van der Waals surface area contributed by atoms with Crippen LogP contribution in [0, 0.1) is 12.8 Å². The number of carboxylic acid groups (broad SMARTS) is 2. The normalized spacial score (nSPS) is 18.2. The van der Waals surface area contributed by atoms with Gasteiger partial charge < -0.3 is 19.4 Å². The van der Waals surface area contributed by atoms with Crippen molar-refractivity contribution in [3.05, 3.63) is 47.5 Å². The Bertz CT molecular complexity index is 930. The summed E-state index contributed by atoms with van der Waals surface area (Å²) in [6, 6.07) is 2.21. The summed E-state index contributed by atoms with van der Waals surface area (Å²) in [4.78, 5) is 20.7. The Labute approximate surface area is 268 Å². The zero-order chi connectivity index (χ0) is 32.4. The molecule has 1 aromatic heterocycles. The van der Waals surface area contributed by atoms with Crippen LogP contribution in [0.25, 0.3) is 0 Å². The third-order valence-electron chi connectivity index (χ3n) is 8.50. The van der Waals surface area contributed by atoms with Crippen molar-refractivity contribution in [3.63, 3.8) is 0 Å². The van der Waals surface area contributed by atoms with Gasteiger partial charge in [0.2, 0.25) is 0 Å². The molecule has 2 N–H and O–H groups in total. The molecular weight excluding hydrogens is 552 g/mol. The average molecular weight is 617 g/mol. The minimum absolute atomic E-state index is 0.312. The largest absolute Gasteiger partial charge is 0.481 e. The molecule has 3 atom stereocenters. The summed E-state index contributed by atoms with van der Waals surface area (Å²) >= 11 is 0. The van der Waals surface area contributed by atoms with Gasteiger partial charge in [0.25, 0.3) is 0 Å². The lowest BCUT2D eigenvalue weighted by Gasteiger charge is -2.15. The molecule has 2 heterocycles. The summed E-state index contributed by atoms with van der Waals surface area (Å²) in [6.07, 6.45) is 31.1. The quantitative estimate of drug-likeness (QED) is 0.0681. The fourth-order valence-corrected chi connectivity index (χ4v) is 5.86. The van der Waals surface area contributed by atoms with Gasteiger partial charge in [-0.05, 0) is 75.8 Å². The van der Waals surface area contributed by atoms with Crippen molar-refractivity contribution in [3.8, 4) is 0 Å². The number of carboxylic acids is 2. The Morgan fingerprint density at radius 3 is 2.20 bits per heavy atom. The summed E-state index contributed by atoms with van der Waals surface area (Å²) in [7, 11) is 0. The van der Waals surface area contributed by atoms with E-state index >= 15 is 0 Å². The van der Waals surface area contributed by atoms with Crippen LogP contribution in [-0.2, 0) is 27.2 Å². The molecule has 0 bridgehead atoms. The molecule has 1 aliphatic rings. The second-order valence-electron chi connectivity index (χ2n) is 12.7. The third kappa shape index (κ3) is 20.6. The molecule has 0 aliphatic carbocycles. The number of aliphatic carboxylic acids is 2. The van der Waals surface area contributed by atoms with Gasteiger partial charge in [0.15, 0.2) is 0 Å². The van der Waals surface area contributed by atoms with E-state index in [0.717, 1.165) is 69.0 Å². The molecule has 0 amide bonds. The second-order valence-corrected chi connectivity index (χ2v) is 12.7. The highest BCUT2D eigenvalue weighted by molar-refractivity contribution is 5.80. The molecule has 1 aliphatic heterocycles. The molecule has 1 aromatic rings. The number of hydrogen-bond acceptors (Lipinski definition) is 4. The van der Waals surface area contributed by atoms with Crippen molar-refractivity contribution < 1.29 is 29.0 Å². The minimum Gasteiger partial charge on any atom is -0.481 e. The zero-order valence-electron chi connectivity index (χ0n) is 28.5. The van der Waals surface area contributed by atoms with Gasteiger partial charge in [-0.25, -0.2) is 4.79 Å². The first-order chi connectivity index (χ1) is 21.3. The number of rotatable bonds is 24. The van der Waals surface area contributed by atoms with E-state index in [-0.39, 0.29) is 0 Å². The minimum atomic E-state index is -0.898. The van der Waals surface area contributed by atoms with E-state index in [1.807, 2.05) is 12.2 Å². The highest BCUT2D eigenvalue weighted by Crippen LogP contribution is 2.32. The third-order valence-corrected chi connectivity index (χ3v) is 8.50. The molecule has 6 nitrogen and oxygen atoms in total. The van der Waals surface area contributed by atoms with Crippen molar-refractivity contribution >= 4 is 11.9 Å². The van der Waals surface area contributed by atoms with Gasteiger partial charge >= 0.3 is 11.9 Å². The molecule has 0 radical (unpaired) electrons. The maximum Gasteiger partial charge on any atom is 0.328 e. The van der Waals surface area contributed by atoms with Crippen LogP contribution in [0.5, 0.6) is 0 Å². The summed E-state index contributed by atoms with van der Waals surface area (Å²) in [5.41, 5.74) is 1.30. The van der Waals surface area contributed by atoms with E-state index in [2.05, 4.69) is 33.8 Å². The first-order valence-corrected chi connectivity index (χ1v) is 17.8. The lowest BCUT2D eigenvalue weighted by Crippen LogP contribution is -2.14. The summed E-state index contributed by atoms with van der Waals surface area (Å²) in [6.45, 7) is 8.93. The first kappa shape index (κ1) is 39.7. The van der Waals surface area contributed by atoms with Crippen molar-refractivity contribution in [2.24, 2.45) is 5.92 Å². The maximum absolute atomic E-state index is 10.4. The Balaban J connectivity index is 0.000000440. The van der Waals surface area contributed by atoms with Crippen LogP contribution in [0.2, 0.25) is 0 Å². The van der Waals surface area contributed by atoms with E-state index in [1.165, 1.54) is 82.6 Å². The van der Waals surface area contributed by atoms with Crippen LogP contribution >= 0.6 is 0 Å². The number of furan rings is 1. The van der Waals surface area contributed by atoms with Crippen LogP contribution in [0.3, 0.4) is 0 Å². The Morgan fingerprint density at radius 1 is 0.841 bits per heavy atom. The molecule has 1 fully saturated rings. The van der Waals surface area contributed by atoms with Gasteiger partial charge in [0.05, 0.1) is 12.2 Å². The molecule has 0 aromatic carbocycles. The van der Waals surface area contributed by atoms with Gasteiger partial charge in [-0.1, -0.05) is 103 Å². The molecule has 2 rings (SSSR count). The van der Waals surface area contributed by atoms with Gasteiger partial charge in [-0.2, -0.15) is 0 Å². The van der Waals surface area contributed by atoms with E-state index in [4.69, 9.17) is 19.4 Å². The Morgan fingerprint density at radius 2 is 1.50 bits per heavy atom. The van der Waals surface area contributed by atoms with Crippen LogP contribution < -0.4 is 0 Å². The standard InChI is InChI=1S/2C19H32O3/c2*1-3-4-9-12-17-15-16(2)18(22-17)13-10-7-5-6-8-11-14-19(20)21/h15H,3-14H2,1-2H3,(H,20,21);6,8,11,14,16-18H,3-5,7,9-10,12-13,15H2,1-2H3,(H,20,21). The molecule has 252 valence electrons. The number of carbonyl (C=O) groups is 2. The average Bonchev–Trinajstić information content (AvgIpc) is 3.52. The number of ether oxygens (including phenoxy) is 1. The monoisotopic (exact) mass is 616 g/mol. The van der Waals surface area contributed by atoms with Crippen LogP contribution in [0.1, 0.15) is 160 Å². The SMILES string of the molecule is CCCCCC1CC(C)C(CCCCC=CC=CC(=O)O)O1.CCCCCc1cc(C)c(CCCCCCCCC(=O)O)o1. The number of hydrogen-bond donors (Lipinski definition) is 2. The van der Waals surface area contributed by atoms with Crippen molar-refractivity contribution in [2.75, 3.05) is 0 Å². The van der Waals surface area contributed by atoms with E-state index in [9.17, 15) is 9.59 Å². The summed E-state index contributed by atoms with van der Waals surface area (Å²) in [5, 5.41) is 17.0. The molecule has 0 saturated carbocycles. The van der Waals surface area contributed by atoms with Gasteiger partial charge in [0.1, 0.15) is 11.5 Å². The number of aryl methyl sites for hydroxylation is 3. The van der Waals surface area contributed by atoms with E-state index in [0.29, 0.717) is 24.5 Å². The highest BCUT2D eigenvalue weighted by atomic mass is 16.5. The fourth-order valence-electron chi connectivity index (χ4n) is 5.86. The molecular formula is C38H64O6. The van der Waals surface area contributed by atoms with Crippen LogP contribution in [-0.4, -0.2) is 34.4 Å². The molecule has 6 heteroatoms. The highest BCUT2D eigenvalue weighted by Gasteiger charge is 2.30. The predicted molar refractivity (Wildman–Crippen MR) is 181 cm³/mol. The maximum atomic E-state index is 10.4. The molecule has 0 spiro atoms. The molecule has 3 unspecified atom stereocenters. The predicted octanol–water partition coefficient (Wildman–Crippen LogP) is 10.8. The Kier molecular flexibility index (Phi) is 23.4. The molecule has 1 saturated heterocycles. The van der Waals surface area contributed by atoms with E-state index < -0.39 is 11.9 Å². The zero-order valence-corrected chi connectivity index (χ0v) is 28.5. The fraction of sp³-hybridized carbons (Fsp3) is 0.737. The van der Waals surface area contributed by atoms with Crippen LogP contribution in [0.4, 0.5) is 0 Å². The number of unbranched alkanes of at least 4 members (excludes halogenated alkanes) is 11. The second kappa shape index (κ2) is 25.9. The van der Waals surface area contributed by atoms with E-state index in [1.54, 1.807) is 6.08 Å². The van der Waals surface area contributed by atoms with Crippen molar-refractivity contribution in [1.29, 1.82) is 0 Å². The first-order valence-electron chi connectivity index (χ1n) is 17.8. The molecule has 44 heavy (non-hydrogen) atoms. The van der Waals surface area contributed by atoms with Crippen molar-refractivity contribution in [1.82, 2.24) is 0 Å². The topological polar surface area (TPSA) is 97.0 Å². The van der Waals surface area contributed by atoms with Crippen molar-refractivity contribution in [2.45, 2.75) is 175 Å². The van der Waals surface area contributed by atoms with Gasteiger partial charge in [-0.15, -0.1) is 0 Å². The summed E-state index contributed by atoms with van der Waals surface area (Å²) < 4.78 is 12.2. The number of allylic oxidation sites excluding steroid dienone is 3. The smallest absolute Gasteiger partial charge is 0.328 e. The lowest BCUT2D eigenvalue weighted by molar-refractivity contribution is -0.137.